The van der Waals surface area contributed by atoms with E-state index in [2.05, 4.69) is 26.2 Å². The Morgan fingerprint density at radius 1 is 1.37 bits per heavy atom. The number of ether oxygens (including phenoxy) is 1. The third-order valence-corrected chi connectivity index (χ3v) is 3.17. The number of aromatic nitrogens is 1. The van der Waals surface area contributed by atoms with Crippen LogP contribution in [0.5, 0.6) is 5.75 Å². The number of hydrogen-bond acceptors (Lipinski definition) is 3. The van der Waals surface area contributed by atoms with E-state index in [0.29, 0.717) is 11.6 Å². The molecule has 1 aliphatic heterocycles. The molecule has 19 heavy (non-hydrogen) atoms. The molecule has 0 spiro atoms. The number of amides is 1. The summed E-state index contributed by atoms with van der Waals surface area (Å²) in [6.07, 6.45) is 0.538. The Kier molecular flexibility index (Phi) is 2.94. The van der Waals surface area contributed by atoms with Crippen molar-refractivity contribution in [3.63, 3.8) is 0 Å². The second-order valence-electron chi connectivity index (χ2n) is 4.01. The molecular weight excluding hydrogens is 315 g/mol. The fraction of sp³-hybridized carbons (Fsp3) is 0.0769. The molecule has 2 heterocycles. The van der Waals surface area contributed by atoms with Crippen molar-refractivity contribution < 1.29 is 13.9 Å². The van der Waals surface area contributed by atoms with Crippen LogP contribution in [0.3, 0.4) is 0 Å². The van der Waals surface area contributed by atoms with Gasteiger partial charge in [0.05, 0.1) is 0 Å². The first kappa shape index (κ1) is 12.1. The molecule has 0 radical (unpaired) electrons. The first-order valence-electron chi connectivity index (χ1n) is 5.52. The van der Waals surface area contributed by atoms with Crippen molar-refractivity contribution in [2.24, 2.45) is 0 Å². The summed E-state index contributed by atoms with van der Waals surface area (Å²) in [6.45, 7) is 0. The van der Waals surface area contributed by atoms with Gasteiger partial charge in [-0.15, -0.1) is 0 Å². The molecule has 0 saturated carbocycles. The Balaban J connectivity index is 2.02. The molecule has 3 rings (SSSR count). The minimum absolute atomic E-state index is 0.200. The van der Waals surface area contributed by atoms with Crippen LogP contribution in [0.2, 0.25) is 0 Å². The first-order chi connectivity index (χ1) is 9.15. The zero-order valence-corrected chi connectivity index (χ0v) is 11.1. The van der Waals surface area contributed by atoms with Crippen LogP contribution in [0.4, 0.5) is 10.2 Å². The quantitative estimate of drug-likeness (QED) is 0.877. The highest BCUT2D eigenvalue weighted by Crippen LogP contribution is 2.35. The first-order valence-corrected chi connectivity index (χ1v) is 6.32. The largest absolute Gasteiger partial charge is 0.472 e. The van der Waals surface area contributed by atoms with Gasteiger partial charge in [0.1, 0.15) is 5.82 Å². The standard InChI is InChI=1S/C13H8BrFN2O2/c14-7-5-10-12(16-6-7)17-13(18)11(19-10)8-3-1-2-4-9(8)15/h1-6,11H,(H,16,17,18). The maximum atomic E-state index is 13.7. The summed E-state index contributed by atoms with van der Waals surface area (Å²) < 4.78 is 20.0. The average Bonchev–Trinajstić information content (AvgIpc) is 2.39. The number of carbonyl (C=O) groups is 1. The van der Waals surface area contributed by atoms with E-state index >= 15 is 0 Å². The Morgan fingerprint density at radius 3 is 2.95 bits per heavy atom. The average molecular weight is 323 g/mol. The molecule has 0 saturated heterocycles. The van der Waals surface area contributed by atoms with Crippen LogP contribution in [0.15, 0.2) is 41.0 Å². The molecule has 1 unspecified atom stereocenters. The van der Waals surface area contributed by atoms with Crippen molar-refractivity contribution in [3.05, 3.63) is 52.4 Å². The van der Waals surface area contributed by atoms with Gasteiger partial charge in [0.2, 0.25) is 6.10 Å². The van der Waals surface area contributed by atoms with E-state index < -0.39 is 17.8 Å². The number of nitrogens with one attached hydrogen (secondary N) is 1. The molecule has 1 atom stereocenters. The van der Waals surface area contributed by atoms with Gasteiger partial charge in [-0.1, -0.05) is 18.2 Å². The van der Waals surface area contributed by atoms with Crippen LogP contribution in [-0.2, 0) is 4.79 Å². The van der Waals surface area contributed by atoms with Gasteiger partial charge >= 0.3 is 0 Å². The van der Waals surface area contributed by atoms with Gasteiger partial charge in [-0.3, -0.25) is 4.79 Å². The SMILES string of the molecule is O=C1Nc2ncc(Br)cc2OC1c1ccccc1F. The van der Waals surface area contributed by atoms with Gasteiger partial charge in [0.15, 0.2) is 11.6 Å². The third kappa shape index (κ3) is 2.19. The molecule has 1 N–H and O–H groups in total. The summed E-state index contributed by atoms with van der Waals surface area (Å²) in [6, 6.07) is 7.71. The maximum Gasteiger partial charge on any atom is 0.271 e. The molecule has 2 aromatic rings. The van der Waals surface area contributed by atoms with Crippen LogP contribution < -0.4 is 10.1 Å². The minimum Gasteiger partial charge on any atom is -0.472 e. The number of halogens is 2. The fourth-order valence-electron chi connectivity index (χ4n) is 1.86. The summed E-state index contributed by atoms with van der Waals surface area (Å²) in [5.74, 6) is -0.176. The second-order valence-corrected chi connectivity index (χ2v) is 4.92. The molecule has 0 aliphatic carbocycles. The fourth-order valence-corrected chi connectivity index (χ4v) is 2.17. The van der Waals surface area contributed by atoms with Crippen LogP contribution in [0.1, 0.15) is 11.7 Å². The summed E-state index contributed by atoms with van der Waals surface area (Å²) in [5.41, 5.74) is 0.200. The van der Waals surface area contributed by atoms with Gasteiger partial charge in [0.25, 0.3) is 5.91 Å². The van der Waals surface area contributed by atoms with Crippen molar-refractivity contribution in [3.8, 4) is 5.75 Å². The van der Waals surface area contributed by atoms with Gasteiger partial charge in [0, 0.05) is 16.2 Å². The van der Waals surface area contributed by atoms with Gasteiger partial charge in [-0.05, 0) is 28.1 Å². The van der Waals surface area contributed by atoms with Crippen LogP contribution in [-0.4, -0.2) is 10.9 Å². The molecule has 4 nitrogen and oxygen atoms in total. The number of hydrogen-bond donors (Lipinski definition) is 1. The van der Waals surface area contributed by atoms with Gasteiger partial charge in [-0.25, -0.2) is 9.37 Å². The number of nitrogens with zero attached hydrogens (tertiary/aromatic N) is 1. The van der Waals surface area contributed by atoms with E-state index in [1.54, 1.807) is 24.4 Å². The second kappa shape index (κ2) is 4.62. The minimum atomic E-state index is -1.01. The number of pyridine rings is 1. The smallest absolute Gasteiger partial charge is 0.271 e. The van der Waals surface area contributed by atoms with E-state index in [4.69, 9.17) is 4.74 Å². The Bertz CT molecular complexity index is 663. The molecule has 1 aromatic heterocycles. The Labute approximate surface area is 116 Å². The highest BCUT2D eigenvalue weighted by molar-refractivity contribution is 9.10. The predicted molar refractivity (Wildman–Crippen MR) is 70.3 cm³/mol. The summed E-state index contributed by atoms with van der Waals surface area (Å²) >= 11 is 3.27. The van der Waals surface area contributed by atoms with E-state index in [-0.39, 0.29) is 5.56 Å². The lowest BCUT2D eigenvalue weighted by Crippen LogP contribution is -2.31. The van der Waals surface area contributed by atoms with Crippen molar-refractivity contribution in [1.82, 2.24) is 4.98 Å². The Morgan fingerprint density at radius 2 is 2.16 bits per heavy atom. The zero-order chi connectivity index (χ0) is 13.4. The maximum absolute atomic E-state index is 13.7. The van der Waals surface area contributed by atoms with Crippen LogP contribution in [0.25, 0.3) is 0 Å². The highest BCUT2D eigenvalue weighted by atomic mass is 79.9. The zero-order valence-electron chi connectivity index (χ0n) is 9.56. The molecular formula is C13H8BrFN2O2. The van der Waals surface area contributed by atoms with Gasteiger partial charge in [-0.2, -0.15) is 0 Å². The van der Waals surface area contributed by atoms with E-state index in [1.165, 1.54) is 12.1 Å². The lowest BCUT2D eigenvalue weighted by molar-refractivity contribution is -0.124. The van der Waals surface area contributed by atoms with Crippen molar-refractivity contribution in [2.45, 2.75) is 6.10 Å². The summed E-state index contributed by atoms with van der Waals surface area (Å²) in [5, 5.41) is 2.60. The number of carbonyl (C=O) groups excluding carboxylic acids is 1. The molecule has 0 fully saturated rings. The molecule has 0 bridgehead atoms. The molecule has 6 heteroatoms. The lowest BCUT2D eigenvalue weighted by Gasteiger charge is -2.25. The topological polar surface area (TPSA) is 51.2 Å². The van der Waals surface area contributed by atoms with E-state index in [1.807, 2.05) is 0 Å². The molecule has 1 amide bonds. The number of benzene rings is 1. The van der Waals surface area contributed by atoms with E-state index in [9.17, 15) is 9.18 Å². The highest BCUT2D eigenvalue weighted by Gasteiger charge is 2.31. The predicted octanol–water partition coefficient (Wildman–Crippen LogP) is 3.06. The molecule has 1 aromatic carbocycles. The number of anilines is 1. The lowest BCUT2D eigenvalue weighted by atomic mass is 10.1. The summed E-state index contributed by atoms with van der Waals surface area (Å²) in [7, 11) is 0. The molecule has 96 valence electrons. The van der Waals surface area contributed by atoms with Crippen molar-refractivity contribution in [2.75, 3.05) is 5.32 Å². The molecule has 1 aliphatic rings. The Hall–Kier alpha value is -1.95. The van der Waals surface area contributed by atoms with Crippen molar-refractivity contribution in [1.29, 1.82) is 0 Å². The van der Waals surface area contributed by atoms with Crippen molar-refractivity contribution >= 4 is 27.7 Å². The van der Waals surface area contributed by atoms with Crippen LogP contribution in [0, 0.1) is 5.82 Å². The monoisotopic (exact) mass is 322 g/mol. The van der Waals surface area contributed by atoms with Crippen LogP contribution >= 0.6 is 15.9 Å². The van der Waals surface area contributed by atoms with E-state index in [0.717, 1.165) is 4.47 Å². The summed E-state index contributed by atoms with van der Waals surface area (Å²) in [4.78, 5) is 16.0. The normalized spacial score (nSPS) is 17.4. The van der Waals surface area contributed by atoms with Gasteiger partial charge < -0.3 is 10.1 Å². The number of fused-ring (bicyclic) bond motifs is 1. The number of rotatable bonds is 1. The third-order valence-electron chi connectivity index (χ3n) is 2.73.